The molecule has 0 amide bonds. The molecule has 1 unspecified atom stereocenters. The number of hydrogen-bond donors (Lipinski definition) is 1. The Labute approximate surface area is 121 Å². The predicted molar refractivity (Wildman–Crippen MR) is 80.7 cm³/mol. The van der Waals surface area contributed by atoms with Crippen molar-refractivity contribution < 1.29 is 9.47 Å². The molecule has 1 aliphatic rings. The van der Waals surface area contributed by atoms with E-state index in [9.17, 15) is 0 Å². The number of rotatable bonds is 8. The van der Waals surface area contributed by atoms with Crippen molar-refractivity contribution in [3.8, 4) is 0 Å². The Bertz CT molecular complexity index is 398. The molecule has 1 aromatic rings. The molecule has 0 bridgehead atoms. The van der Waals surface area contributed by atoms with Crippen LogP contribution in [0.4, 0.5) is 0 Å². The van der Waals surface area contributed by atoms with Gasteiger partial charge in [-0.25, -0.2) is 0 Å². The second-order valence-electron chi connectivity index (χ2n) is 5.29. The second-order valence-corrected chi connectivity index (χ2v) is 5.29. The first-order chi connectivity index (χ1) is 9.85. The second kappa shape index (κ2) is 8.37. The van der Waals surface area contributed by atoms with Crippen LogP contribution in [-0.2, 0) is 22.4 Å². The van der Waals surface area contributed by atoms with E-state index < -0.39 is 0 Å². The van der Waals surface area contributed by atoms with Crippen LogP contribution in [0.3, 0.4) is 0 Å². The SMILES string of the molecule is COCCOCCCN1Cc2ccccc2CC1CN. The predicted octanol–water partition coefficient (Wildman–Crippen LogP) is 1.43. The maximum atomic E-state index is 5.93. The first kappa shape index (κ1) is 15.4. The van der Waals surface area contributed by atoms with E-state index in [2.05, 4.69) is 29.2 Å². The van der Waals surface area contributed by atoms with Crippen molar-refractivity contribution >= 4 is 0 Å². The van der Waals surface area contributed by atoms with Crippen LogP contribution in [-0.4, -0.2) is 51.0 Å². The van der Waals surface area contributed by atoms with E-state index in [1.807, 2.05) is 0 Å². The van der Waals surface area contributed by atoms with Gasteiger partial charge in [-0.1, -0.05) is 24.3 Å². The van der Waals surface area contributed by atoms with Gasteiger partial charge in [-0.3, -0.25) is 4.90 Å². The minimum atomic E-state index is 0.462. The van der Waals surface area contributed by atoms with Gasteiger partial charge in [-0.2, -0.15) is 0 Å². The fraction of sp³-hybridized carbons (Fsp3) is 0.625. The third kappa shape index (κ3) is 4.28. The first-order valence-electron chi connectivity index (χ1n) is 7.42. The van der Waals surface area contributed by atoms with Gasteiger partial charge < -0.3 is 15.2 Å². The van der Waals surface area contributed by atoms with Crippen LogP contribution in [0.15, 0.2) is 24.3 Å². The maximum absolute atomic E-state index is 5.93. The van der Waals surface area contributed by atoms with Crippen molar-refractivity contribution in [1.82, 2.24) is 4.90 Å². The summed E-state index contributed by atoms with van der Waals surface area (Å²) < 4.78 is 10.5. The molecule has 0 spiro atoms. The van der Waals surface area contributed by atoms with E-state index >= 15 is 0 Å². The zero-order chi connectivity index (χ0) is 14.2. The van der Waals surface area contributed by atoms with Gasteiger partial charge in [0.05, 0.1) is 13.2 Å². The monoisotopic (exact) mass is 278 g/mol. The Morgan fingerprint density at radius 1 is 1.20 bits per heavy atom. The van der Waals surface area contributed by atoms with Crippen molar-refractivity contribution in [2.24, 2.45) is 5.73 Å². The average Bonchev–Trinajstić information content (AvgIpc) is 2.50. The summed E-state index contributed by atoms with van der Waals surface area (Å²) in [6.07, 6.45) is 2.11. The molecule has 0 aliphatic carbocycles. The standard InChI is InChI=1S/C16H26N2O2/c1-19-9-10-20-8-4-7-18-13-15-6-3-2-5-14(15)11-16(18)12-17/h2-3,5-6,16H,4,7-13,17H2,1H3. The molecule has 0 saturated carbocycles. The Morgan fingerprint density at radius 2 is 2.00 bits per heavy atom. The number of ether oxygens (including phenoxy) is 2. The van der Waals surface area contributed by atoms with Crippen LogP contribution >= 0.6 is 0 Å². The molecule has 0 aromatic heterocycles. The van der Waals surface area contributed by atoms with Crippen LogP contribution in [0.2, 0.25) is 0 Å². The zero-order valence-electron chi connectivity index (χ0n) is 12.4. The molecule has 2 N–H and O–H groups in total. The molecule has 0 saturated heterocycles. The minimum Gasteiger partial charge on any atom is -0.382 e. The van der Waals surface area contributed by atoms with Crippen LogP contribution < -0.4 is 5.73 Å². The normalized spacial score (nSPS) is 19.0. The Balaban J connectivity index is 1.79. The summed E-state index contributed by atoms with van der Waals surface area (Å²) in [6, 6.07) is 9.15. The fourth-order valence-corrected chi connectivity index (χ4v) is 2.75. The summed E-state index contributed by atoms with van der Waals surface area (Å²) in [4.78, 5) is 2.49. The third-order valence-electron chi connectivity index (χ3n) is 3.90. The molecule has 20 heavy (non-hydrogen) atoms. The summed E-state index contributed by atoms with van der Waals surface area (Å²) >= 11 is 0. The smallest absolute Gasteiger partial charge is 0.0700 e. The molecule has 4 heteroatoms. The largest absolute Gasteiger partial charge is 0.382 e. The highest BCUT2D eigenvalue weighted by Gasteiger charge is 2.24. The molecule has 1 aromatic carbocycles. The molecular weight excluding hydrogens is 252 g/mol. The summed E-state index contributed by atoms with van der Waals surface area (Å²) in [7, 11) is 1.69. The van der Waals surface area contributed by atoms with Crippen LogP contribution in [0, 0.1) is 0 Å². The number of benzene rings is 1. The van der Waals surface area contributed by atoms with E-state index in [1.165, 1.54) is 11.1 Å². The number of nitrogens with zero attached hydrogens (tertiary/aromatic N) is 1. The lowest BCUT2D eigenvalue weighted by atomic mass is 9.94. The van der Waals surface area contributed by atoms with E-state index in [0.717, 1.165) is 39.1 Å². The molecule has 4 nitrogen and oxygen atoms in total. The number of methoxy groups -OCH3 is 1. The number of fused-ring (bicyclic) bond motifs is 1. The van der Waals surface area contributed by atoms with Gasteiger partial charge in [0.1, 0.15) is 0 Å². The van der Waals surface area contributed by atoms with Crippen LogP contribution in [0.25, 0.3) is 0 Å². The summed E-state index contributed by atoms with van der Waals surface area (Å²) in [6.45, 7) is 4.92. The van der Waals surface area contributed by atoms with Gasteiger partial charge in [0.2, 0.25) is 0 Å². The minimum absolute atomic E-state index is 0.462. The number of nitrogens with two attached hydrogens (primary N) is 1. The van der Waals surface area contributed by atoms with E-state index in [0.29, 0.717) is 19.3 Å². The molecule has 1 heterocycles. The highest BCUT2D eigenvalue weighted by Crippen LogP contribution is 2.22. The lowest BCUT2D eigenvalue weighted by molar-refractivity contribution is 0.0612. The van der Waals surface area contributed by atoms with Crippen molar-refractivity contribution in [3.63, 3.8) is 0 Å². The lowest BCUT2D eigenvalue weighted by Gasteiger charge is -2.36. The molecule has 0 radical (unpaired) electrons. The Hall–Kier alpha value is -0.940. The van der Waals surface area contributed by atoms with Crippen LogP contribution in [0.1, 0.15) is 17.5 Å². The van der Waals surface area contributed by atoms with Crippen molar-refractivity contribution in [1.29, 1.82) is 0 Å². The van der Waals surface area contributed by atoms with E-state index in [-0.39, 0.29) is 0 Å². The summed E-state index contributed by atoms with van der Waals surface area (Å²) in [5, 5.41) is 0. The summed E-state index contributed by atoms with van der Waals surface area (Å²) in [5.74, 6) is 0. The quantitative estimate of drug-likeness (QED) is 0.731. The molecule has 1 aliphatic heterocycles. The van der Waals surface area contributed by atoms with Gasteiger partial charge in [0.15, 0.2) is 0 Å². The Morgan fingerprint density at radius 3 is 2.75 bits per heavy atom. The zero-order valence-corrected chi connectivity index (χ0v) is 12.4. The third-order valence-corrected chi connectivity index (χ3v) is 3.90. The molecule has 112 valence electrons. The van der Waals surface area contributed by atoms with Gasteiger partial charge in [0.25, 0.3) is 0 Å². The Kier molecular flexibility index (Phi) is 6.47. The molecule has 2 rings (SSSR count). The first-order valence-corrected chi connectivity index (χ1v) is 7.42. The topological polar surface area (TPSA) is 47.7 Å². The van der Waals surface area contributed by atoms with Gasteiger partial charge in [-0.05, 0) is 24.0 Å². The van der Waals surface area contributed by atoms with E-state index in [4.69, 9.17) is 15.2 Å². The number of hydrogen-bond acceptors (Lipinski definition) is 4. The van der Waals surface area contributed by atoms with Crippen molar-refractivity contribution in [3.05, 3.63) is 35.4 Å². The molecule has 0 fully saturated rings. The van der Waals surface area contributed by atoms with Crippen molar-refractivity contribution in [2.45, 2.75) is 25.4 Å². The molecule has 1 atom stereocenters. The highest BCUT2D eigenvalue weighted by atomic mass is 16.5. The van der Waals surface area contributed by atoms with Gasteiger partial charge >= 0.3 is 0 Å². The van der Waals surface area contributed by atoms with Gasteiger partial charge in [-0.15, -0.1) is 0 Å². The van der Waals surface area contributed by atoms with E-state index in [1.54, 1.807) is 7.11 Å². The fourth-order valence-electron chi connectivity index (χ4n) is 2.75. The van der Waals surface area contributed by atoms with Crippen LogP contribution in [0.5, 0.6) is 0 Å². The van der Waals surface area contributed by atoms with Crippen molar-refractivity contribution in [2.75, 3.05) is 40.0 Å². The van der Waals surface area contributed by atoms with Gasteiger partial charge in [0, 0.05) is 39.4 Å². The summed E-state index contributed by atoms with van der Waals surface area (Å²) in [5.41, 5.74) is 8.83. The lowest BCUT2D eigenvalue weighted by Crippen LogP contribution is -2.45. The highest BCUT2D eigenvalue weighted by molar-refractivity contribution is 5.30. The maximum Gasteiger partial charge on any atom is 0.0700 e. The average molecular weight is 278 g/mol. The molecular formula is C16H26N2O2.